The lowest BCUT2D eigenvalue weighted by molar-refractivity contribution is 0.200. The molecular weight excluding hydrogens is 218 g/mol. The Morgan fingerprint density at radius 2 is 2.06 bits per heavy atom. The van der Waals surface area contributed by atoms with Crippen molar-refractivity contribution in [1.29, 1.82) is 0 Å². The molecule has 0 aliphatic heterocycles. The first-order valence-electron chi connectivity index (χ1n) is 5.75. The fraction of sp³-hybridized carbons (Fsp3) is 0.385. The quantitative estimate of drug-likeness (QED) is 0.705. The Morgan fingerprint density at radius 3 is 2.82 bits per heavy atom. The molecule has 0 saturated carbocycles. The zero-order valence-corrected chi connectivity index (χ0v) is 9.60. The summed E-state index contributed by atoms with van der Waals surface area (Å²) in [6.45, 7) is 0.725. The van der Waals surface area contributed by atoms with Gasteiger partial charge in [0.25, 0.3) is 0 Å². The molecule has 0 fully saturated rings. The van der Waals surface area contributed by atoms with Gasteiger partial charge in [-0.25, -0.2) is 0 Å². The van der Waals surface area contributed by atoms with Crippen LogP contribution in [0.5, 0.6) is 0 Å². The third kappa shape index (κ3) is 2.85. The maximum Gasteiger partial charge on any atom is 0.134 e. The van der Waals surface area contributed by atoms with Gasteiger partial charge < -0.3 is 19.9 Å². The fourth-order valence-corrected chi connectivity index (χ4v) is 1.84. The molecule has 1 unspecified atom stereocenters. The van der Waals surface area contributed by atoms with Gasteiger partial charge in [0.2, 0.25) is 0 Å². The number of hydrogen-bond acceptors (Lipinski definition) is 4. The van der Waals surface area contributed by atoms with Crippen molar-refractivity contribution in [3.8, 4) is 0 Å². The summed E-state index contributed by atoms with van der Waals surface area (Å²) in [6.07, 6.45) is 2.28. The minimum Gasteiger partial charge on any atom is -0.464 e. The first-order chi connectivity index (χ1) is 8.35. The molecule has 0 aliphatic rings. The smallest absolute Gasteiger partial charge is 0.134 e. The summed E-state index contributed by atoms with van der Waals surface area (Å²) in [5.41, 5.74) is 1.93. The van der Waals surface area contributed by atoms with Crippen LogP contribution in [-0.4, -0.2) is 29.5 Å². The Bertz CT molecular complexity index is 466. The summed E-state index contributed by atoms with van der Waals surface area (Å²) >= 11 is 0. The van der Waals surface area contributed by atoms with Gasteiger partial charge in [-0.1, -0.05) is 18.2 Å². The number of rotatable bonds is 6. The Morgan fingerprint density at radius 1 is 1.24 bits per heavy atom. The van der Waals surface area contributed by atoms with Crippen molar-refractivity contribution in [1.82, 2.24) is 5.32 Å². The van der Waals surface area contributed by atoms with Gasteiger partial charge in [-0.3, -0.25) is 0 Å². The largest absolute Gasteiger partial charge is 0.464 e. The Kier molecular flexibility index (Phi) is 4.14. The Balaban J connectivity index is 2.03. The van der Waals surface area contributed by atoms with E-state index in [1.165, 1.54) is 0 Å². The standard InChI is InChI=1S/C13H17NO3/c15-6-5-11(8-16)14-7-10-9-17-13-4-2-1-3-12(10)13/h1-4,9,11,14-16H,5-8H2. The lowest BCUT2D eigenvalue weighted by atomic mass is 10.1. The summed E-state index contributed by atoms with van der Waals surface area (Å²) in [5, 5.41) is 22.2. The van der Waals surface area contributed by atoms with Crippen molar-refractivity contribution >= 4 is 11.0 Å². The summed E-state index contributed by atoms with van der Waals surface area (Å²) in [6, 6.07) is 7.77. The van der Waals surface area contributed by atoms with Crippen molar-refractivity contribution in [2.45, 2.75) is 19.0 Å². The molecule has 3 N–H and O–H groups in total. The van der Waals surface area contributed by atoms with E-state index in [-0.39, 0.29) is 19.3 Å². The molecule has 1 aromatic heterocycles. The number of nitrogens with one attached hydrogen (secondary N) is 1. The lowest BCUT2D eigenvalue weighted by Gasteiger charge is -2.14. The lowest BCUT2D eigenvalue weighted by Crippen LogP contribution is -2.32. The van der Waals surface area contributed by atoms with E-state index in [1.807, 2.05) is 24.3 Å². The summed E-state index contributed by atoms with van der Waals surface area (Å²) in [5.74, 6) is 0. The predicted molar refractivity (Wildman–Crippen MR) is 65.6 cm³/mol. The number of aliphatic hydroxyl groups excluding tert-OH is 2. The average Bonchev–Trinajstić information content (AvgIpc) is 2.78. The molecule has 92 valence electrons. The number of para-hydroxylation sites is 1. The molecule has 4 heteroatoms. The topological polar surface area (TPSA) is 65.6 Å². The summed E-state index contributed by atoms with van der Waals surface area (Å²) in [4.78, 5) is 0. The fourth-order valence-electron chi connectivity index (χ4n) is 1.84. The van der Waals surface area contributed by atoms with Crippen molar-refractivity contribution in [2.75, 3.05) is 13.2 Å². The van der Waals surface area contributed by atoms with Crippen LogP contribution < -0.4 is 5.32 Å². The van der Waals surface area contributed by atoms with Crippen molar-refractivity contribution in [2.24, 2.45) is 0 Å². The highest BCUT2D eigenvalue weighted by Crippen LogP contribution is 2.20. The molecule has 0 bridgehead atoms. The van der Waals surface area contributed by atoms with Crippen molar-refractivity contribution in [3.05, 3.63) is 36.1 Å². The van der Waals surface area contributed by atoms with Crippen LogP contribution in [0.15, 0.2) is 34.9 Å². The Labute approximate surface area is 99.9 Å². The number of benzene rings is 1. The highest BCUT2D eigenvalue weighted by Gasteiger charge is 2.09. The van der Waals surface area contributed by atoms with Crippen molar-refractivity contribution in [3.63, 3.8) is 0 Å². The first-order valence-corrected chi connectivity index (χ1v) is 5.75. The second kappa shape index (κ2) is 5.82. The third-order valence-corrected chi connectivity index (χ3v) is 2.84. The Hall–Kier alpha value is -1.36. The minimum absolute atomic E-state index is 0.0242. The predicted octanol–water partition coefficient (Wildman–Crippen LogP) is 1.27. The number of hydrogen-bond donors (Lipinski definition) is 3. The zero-order valence-electron chi connectivity index (χ0n) is 9.60. The molecule has 17 heavy (non-hydrogen) atoms. The van der Waals surface area contributed by atoms with E-state index >= 15 is 0 Å². The van der Waals surface area contributed by atoms with E-state index in [9.17, 15) is 0 Å². The van der Waals surface area contributed by atoms with E-state index in [0.717, 1.165) is 16.5 Å². The normalized spacial score (nSPS) is 13.1. The molecule has 0 radical (unpaired) electrons. The highest BCUT2D eigenvalue weighted by atomic mass is 16.3. The van der Waals surface area contributed by atoms with Gasteiger partial charge in [-0.15, -0.1) is 0 Å². The molecule has 0 saturated heterocycles. The molecule has 4 nitrogen and oxygen atoms in total. The molecule has 0 aliphatic carbocycles. The number of furan rings is 1. The van der Waals surface area contributed by atoms with Crippen LogP contribution in [0.3, 0.4) is 0 Å². The minimum atomic E-state index is -0.0753. The van der Waals surface area contributed by atoms with E-state index < -0.39 is 0 Å². The van der Waals surface area contributed by atoms with Crippen molar-refractivity contribution < 1.29 is 14.6 Å². The van der Waals surface area contributed by atoms with E-state index in [4.69, 9.17) is 14.6 Å². The monoisotopic (exact) mass is 235 g/mol. The summed E-state index contributed by atoms with van der Waals surface area (Å²) in [7, 11) is 0. The third-order valence-electron chi connectivity index (χ3n) is 2.84. The van der Waals surface area contributed by atoms with Crippen LogP contribution in [0.2, 0.25) is 0 Å². The van der Waals surface area contributed by atoms with E-state index in [1.54, 1.807) is 6.26 Å². The molecule has 2 aromatic rings. The van der Waals surface area contributed by atoms with Gasteiger partial charge in [0.05, 0.1) is 12.9 Å². The summed E-state index contributed by atoms with van der Waals surface area (Å²) < 4.78 is 5.42. The second-order valence-electron chi connectivity index (χ2n) is 4.03. The molecule has 1 atom stereocenters. The zero-order chi connectivity index (χ0) is 12.1. The van der Waals surface area contributed by atoms with E-state index in [0.29, 0.717) is 13.0 Å². The van der Waals surface area contributed by atoms with Gasteiger partial charge in [-0.05, 0) is 12.5 Å². The maximum absolute atomic E-state index is 9.10. The van der Waals surface area contributed by atoms with Gasteiger partial charge in [-0.2, -0.15) is 0 Å². The number of fused-ring (bicyclic) bond motifs is 1. The molecule has 0 spiro atoms. The highest BCUT2D eigenvalue weighted by molar-refractivity contribution is 5.80. The molecular formula is C13H17NO3. The van der Waals surface area contributed by atoms with Gasteiger partial charge in [0, 0.05) is 30.1 Å². The van der Waals surface area contributed by atoms with Crippen LogP contribution in [-0.2, 0) is 6.54 Å². The van der Waals surface area contributed by atoms with Crippen LogP contribution >= 0.6 is 0 Å². The molecule has 1 aromatic carbocycles. The average molecular weight is 235 g/mol. The van der Waals surface area contributed by atoms with E-state index in [2.05, 4.69) is 5.32 Å². The van der Waals surface area contributed by atoms with Crippen LogP contribution in [0.1, 0.15) is 12.0 Å². The SMILES string of the molecule is OCCC(CO)NCc1coc2ccccc12. The molecule has 1 heterocycles. The first kappa shape index (κ1) is 12.1. The van der Waals surface area contributed by atoms with Gasteiger partial charge >= 0.3 is 0 Å². The van der Waals surface area contributed by atoms with Crippen LogP contribution in [0.25, 0.3) is 11.0 Å². The second-order valence-corrected chi connectivity index (χ2v) is 4.03. The van der Waals surface area contributed by atoms with Crippen LogP contribution in [0.4, 0.5) is 0 Å². The molecule has 2 rings (SSSR count). The number of aliphatic hydroxyl groups is 2. The van der Waals surface area contributed by atoms with Gasteiger partial charge in [0.15, 0.2) is 0 Å². The van der Waals surface area contributed by atoms with Crippen LogP contribution in [0, 0.1) is 0 Å². The molecule has 0 amide bonds. The van der Waals surface area contributed by atoms with Gasteiger partial charge in [0.1, 0.15) is 5.58 Å². The maximum atomic E-state index is 9.10.